The zero-order valence-corrected chi connectivity index (χ0v) is 23.3. The molecule has 0 aliphatic carbocycles. The lowest BCUT2D eigenvalue weighted by Gasteiger charge is -2.27. The number of para-hydroxylation sites is 2. The number of rotatable bonds is 13. The number of carbonyl (C=O) groups is 3. The Morgan fingerprint density at radius 1 is 0.684 bits per heavy atom. The van der Waals surface area contributed by atoms with E-state index in [1.165, 1.54) is 21.3 Å². The van der Waals surface area contributed by atoms with Crippen LogP contribution in [-0.4, -0.2) is 58.2 Å². The summed E-state index contributed by atoms with van der Waals surface area (Å²) in [4.78, 5) is 39.5. The molecule has 3 amide bonds. The maximum atomic E-state index is 13.3. The first-order valence-corrected chi connectivity index (χ1v) is 12.4. The Labute approximate surface area is 224 Å². The molecule has 208 valence electrons. The van der Waals surface area contributed by atoms with Gasteiger partial charge in [-0.1, -0.05) is 45.9 Å². The summed E-state index contributed by atoms with van der Waals surface area (Å²) in [5.41, 5.74) is 0.962. The molecule has 0 fully saturated rings. The molecule has 38 heavy (non-hydrogen) atoms. The van der Waals surface area contributed by atoms with Crippen LogP contribution in [0.1, 0.15) is 43.6 Å². The smallest absolute Gasteiger partial charge is 0.255 e. The minimum absolute atomic E-state index is 0.179. The van der Waals surface area contributed by atoms with E-state index in [1.807, 2.05) is 33.8 Å². The second-order valence-corrected chi connectivity index (χ2v) is 9.34. The van der Waals surface area contributed by atoms with E-state index >= 15 is 0 Å². The van der Waals surface area contributed by atoms with E-state index in [2.05, 4.69) is 16.0 Å². The summed E-state index contributed by atoms with van der Waals surface area (Å²) in [6.07, 6.45) is 0. The molecule has 0 spiro atoms. The molecule has 3 N–H and O–H groups in total. The third-order valence-electron chi connectivity index (χ3n) is 6.07. The van der Waals surface area contributed by atoms with Crippen LogP contribution in [0, 0.1) is 11.8 Å². The van der Waals surface area contributed by atoms with Crippen LogP contribution >= 0.6 is 0 Å². The van der Waals surface area contributed by atoms with E-state index in [9.17, 15) is 14.4 Å². The highest BCUT2D eigenvalue weighted by atomic mass is 16.5. The monoisotopic (exact) mass is 529 g/mol. The van der Waals surface area contributed by atoms with Crippen molar-refractivity contribution in [2.75, 3.05) is 28.4 Å². The number of amides is 3. The molecule has 0 heterocycles. The van der Waals surface area contributed by atoms with E-state index < -0.39 is 23.9 Å². The van der Waals surface area contributed by atoms with Crippen molar-refractivity contribution in [3.63, 3.8) is 0 Å². The highest BCUT2D eigenvalue weighted by Gasteiger charge is 2.31. The van der Waals surface area contributed by atoms with Crippen molar-refractivity contribution in [1.29, 1.82) is 0 Å². The Hall–Kier alpha value is -3.95. The van der Waals surface area contributed by atoms with Gasteiger partial charge in [-0.05, 0) is 30.0 Å². The summed E-state index contributed by atoms with van der Waals surface area (Å²) in [7, 11) is 5.99. The standard InChI is InChI=1S/C28H39N3O7/c1-16(2)22(27(33)29-15-18-11-9-13-20(35-5)24(18)37-7)31-28(34)23(17(3)4)30-26(32)19-12-10-14-21(36-6)25(19)38-8/h9-14,16-17,22-23H,15H2,1-8H3,(H,29,33)(H,30,32)(H,31,34)/t22-,23-/m0/s1. The molecular formula is C28H39N3O7. The SMILES string of the molecule is COc1cccc(CNC(=O)[C@@H](NC(=O)[C@@H](NC(=O)c2cccc(OC)c2OC)C(C)C)C(C)C)c1OC. The van der Waals surface area contributed by atoms with Crippen LogP contribution in [0.4, 0.5) is 0 Å². The third kappa shape index (κ3) is 7.30. The molecule has 0 unspecified atom stereocenters. The van der Waals surface area contributed by atoms with Gasteiger partial charge in [0.1, 0.15) is 12.1 Å². The van der Waals surface area contributed by atoms with Gasteiger partial charge < -0.3 is 34.9 Å². The van der Waals surface area contributed by atoms with E-state index in [-0.39, 0.29) is 35.6 Å². The van der Waals surface area contributed by atoms with Gasteiger partial charge in [-0.2, -0.15) is 0 Å². The average molecular weight is 530 g/mol. The van der Waals surface area contributed by atoms with Crippen molar-refractivity contribution >= 4 is 17.7 Å². The molecule has 0 saturated carbocycles. The van der Waals surface area contributed by atoms with Gasteiger partial charge in [0.2, 0.25) is 11.8 Å². The first-order chi connectivity index (χ1) is 18.1. The Kier molecular flexibility index (Phi) is 11.2. The first-order valence-electron chi connectivity index (χ1n) is 12.4. The quantitative estimate of drug-likeness (QED) is 0.364. The van der Waals surface area contributed by atoms with Crippen LogP contribution in [0.2, 0.25) is 0 Å². The number of nitrogens with one attached hydrogen (secondary N) is 3. The van der Waals surface area contributed by atoms with Gasteiger partial charge in [0.05, 0.1) is 34.0 Å². The summed E-state index contributed by atoms with van der Waals surface area (Å²) in [5.74, 6) is -0.0553. The summed E-state index contributed by atoms with van der Waals surface area (Å²) >= 11 is 0. The highest BCUT2D eigenvalue weighted by molar-refractivity contribution is 6.01. The van der Waals surface area contributed by atoms with Gasteiger partial charge in [-0.25, -0.2) is 0 Å². The van der Waals surface area contributed by atoms with Crippen molar-refractivity contribution in [2.45, 2.75) is 46.3 Å². The fourth-order valence-electron chi connectivity index (χ4n) is 3.98. The maximum absolute atomic E-state index is 13.3. The van der Waals surface area contributed by atoms with Gasteiger partial charge in [0, 0.05) is 12.1 Å². The Morgan fingerprint density at radius 3 is 1.74 bits per heavy atom. The Bertz CT molecular complexity index is 1120. The number of hydrogen-bond acceptors (Lipinski definition) is 7. The molecule has 0 aliphatic heterocycles. The molecule has 2 aromatic rings. The second-order valence-electron chi connectivity index (χ2n) is 9.34. The van der Waals surface area contributed by atoms with Crippen molar-refractivity contribution in [2.24, 2.45) is 11.8 Å². The maximum Gasteiger partial charge on any atom is 0.255 e. The molecule has 0 saturated heterocycles. The van der Waals surface area contributed by atoms with Gasteiger partial charge >= 0.3 is 0 Å². The van der Waals surface area contributed by atoms with Gasteiger partial charge in [0.15, 0.2) is 23.0 Å². The van der Waals surface area contributed by atoms with E-state index in [0.717, 1.165) is 5.56 Å². The molecular weight excluding hydrogens is 490 g/mol. The van der Waals surface area contributed by atoms with Crippen LogP contribution in [0.15, 0.2) is 36.4 Å². The molecule has 0 aliphatic rings. The highest BCUT2D eigenvalue weighted by Crippen LogP contribution is 2.31. The zero-order valence-electron chi connectivity index (χ0n) is 23.3. The number of carbonyl (C=O) groups excluding carboxylic acids is 3. The van der Waals surface area contributed by atoms with Gasteiger partial charge in [-0.3, -0.25) is 14.4 Å². The fraction of sp³-hybridized carbons (Fsp3) is 0.464. The fourth-order valence-corrected chi connectivity index (χ4v) is 3.98. The first kappa shape index (κ1) is 30.3. The molecule has 2 atom stereocenters. The predicted molar refractivity (Wildman–Crippen MR) is 144 cm³/mol. The largest absolute Gasteiger partial charge is 0.493 e. The van der Waals surface area contributed by atoms with E-state index in [1.54, 1.807) is 37.4 Å². The number of benzene rings is 2. The number of ether oxygens (including phenoxy) is 4. The lowest BCUT2D eigenvalue weighted by molar-refractivity contribution is -0.131. The lowest BCUT2D eigenvalue weighted by atomic mass is 9.99. The topological polar surface area (TPSA) is 124 Å². The van der Waals surface area contributed by atoms with Crippen LogP contribution in [0.25, 0.3) is 0 Å². The molecule has 0 aromatic heterocycles. The summed E-state index contributed by atoms with van der Waals surface area (Å²) in [6.45, 7) is 7.47. The Morgan fingerprint density at radius 2 is 1.21 bits per heavy atom. The normalized spacial score (nSPS) is 12.4. The molecule has 10 nitrogen and oxygen atoms in total. The predicted octanol–water partition coefficient (Wildman–Crippen LogP) is 2.93. The molecule has 0 radical (unpaired) electrons. The lowest BCUT2D eigenvalue weighted by Crippen LogP contribution is -2.56. The van der Waals surface area contributed by atoms with Gasteiger partial charge in [0.25, 0.3) is 5.91 Å². The molecule has 10 heteroatoms. The van der Waals surface area contributed by atoms with Crippen LogP contribution in [0.3, 0.4) is 0 Å². The minimum atomic E-state index is -0.897. The van der Waals surface area contributed by atoms with Gasteiger partial charge in [-0.15, -0.1) is 0 Å². The van der Waals surface area contributed by atoms with Crippen molar-refractivity contribution < 1.29 is 33.3 Å². The van der Waals surface area contributed by atoms with Crippen molar-refractivity contribution in [3.05, 3.63) is 47.5 Å². The Balaban J connectivity index is 2.17. The summed E-state index contributed by atoms with van der Waals surface area (Å²) < 4.78 is 21.4. The van der Waals surface area contributed by atoms with Crippen LogP contribution in [0.5, 0.6) is 23.0 Å². The summed E-state index contributed by atoms with van der Waals surface area (Å²) in [6, 6.07) is 8.59. The minimum Gasteiger partial charge on any atom is -0.493 e. The van der Waals surface area contributed by atoms with E-state index in [0.29, 0.717) is 17.2 Å². The number of methoxy groups -OCH3 is 4. The molecule has 2 aromatic carbocycles. The molecule has 0 bridgehead atoms. The number of hydrogen-bond donors (Lipinski definition) is 3. The third-order valence-corrected chi connectivity index (χ3v) is 6.07. The van der Waals surface area contributed by atoms with E-state index in [4.69, 9.17) is 18.9 Å². The average Bonchev–Trinajstić information content (AvgIpc) is 2.91. The van der Waals surface area contributed by atoms with Crippen molar-refractivity contribution in [1.82, 2.24) is 16.0 Å². The molecule has 2 rings (SSSR count). The van der Waals surface area contributed by atoms with Crippen molar-refractivity contribution in [3.8, 4) is 23.0 Å². The van der Waals surface area contributed by atoms with Crippen LogP contribution < -0.4 is 34.9 Å². The summed E-state index contributed by atoms with van der Waals surface area (Å²) in [5, 5.41) is 8.46. The second kappa shape index (κ2) is 14.1. The zero-order chi connectivity index (χ0) is 28.4. The van der Waals surface area contributed by atoms with Crippen LogP contribution in [-0.2, 0) is 16.1 Å².